The first-order valence-corrected chi connectivity index (χ1v) is 8.93. The molecule has 0 fully saturated rings. The molecule has 0 aliphatic rings. The molecule has 0 atom stereocenters. The molecule has 1 heterocycles. The van der Waals surface area contributed by atoms with E-state index in [0.717, 1.165) is 30.4 Å². The van der Waals surface area contributed by atoms with Crippen molar-refractivity contribution in [3.63, 3.8) is 0 Å². The van der Waals surface area contributed by atoms with E-state index < -0.39 is 0 Å². The van der Waals surface area contributed by atoms with Crippen molar-refractivity contribution in [3.8, 4) is 5.69 Å². The average molecular weight is 353 g/mol. The Hall–Kier alpha value is -2.44. The molecule has 0 bridgehead atoms. The molecule has 0 spiro atoms. The fourth-order valence-electron chi connectivity index (χ4n) is 2.65. The van der Waals surface area contributed by atoms with E-state index in [0.29, 0.717) is 11.4 Å². The Bertz CT molecular complexity index is 851. The normalized spacial score (nSPS) is 11.0. The van der Waals surface area contributed by atoms with E-state index in [1.807, 2.05) is 69.9 Å². The molecule has 3 rings (SSSR count). The van der Waals surface area contributed by atoms with Gasteiger partial charge >= 0.3 is 0 Å². The predicted octanol–water partition coefficient (Wildman–Crippen LogP) is 4.45. The van der Waals surface area contributed by atoms with Gasteiger partial charge in [-0.15, -0.1) is 5.10 Å². The van der Waals surface area contributed by atoms with E-state index in [1.165, 1.54) is 0 Å². The third-order valence-electron chi connectivity index (χ3n) is 4.11. The van der Waals surface area contributed by atoms with Crippen LogP contribution in [0.2, 0.25) is 0 Å². The Kier molecular flexibility index (Phi) is 5.63. The second kappa shape index (κ2) is 8.09. The van der Waals surface area contributed by atoms with Crippen LogP contribution in [0.1, 0.15) is 13.8 Å². The summed E-state index contributed by atoms with van der Waals surface area (Å²) in [6.07, 6.45) is 0. The zero-order valence-electron chi connectivity index (χ0n) is 14.6. The summed E-state index contributed by atoms with van der Waals surface area (Å²) in [5, 5.41) is 8.13. The molecular formula is C19H23N5S. The Balaban J connectivity index is 2.04. The van der Waals surface area contributed by atoms with Crippen LogP contribution < -0.4 is 5.32 Å². The molecule has 1 N–H and O–H groups in total. The number of hydrogen-bond donors (Lipinski definition) is 1. The van der Waals surface area contributed by atoms with Crippen molar-refractivity contribution >= 4 is 23.9 Å². The molecule has 0 amide bonds. The lowest BCUT2D eigenvalue weighted by atomic mass is 10.3. The largest absolute Gasteiger partial charge is 0.324 e. The van der Waals surface area contributed by atoms with Crippen molar-refractivity contribution in [2.24, 2.45) is 0 Å². The van der Waals surface area contributed by atoms with Crippen LogP contribution in [-0.4, -0.2) is 32.3 Å². The minimum absolute atomic E-state index is 0.676. The van der Waals surface area contributed by atoms with Crippen molar-refractivity contribution in [2.45, 2.75) is 20.5 Å². The van der Waals surface area contributed by atoms with Crippen molar-refractivity contribution in [3.05, 3.63) is 65.4 Å². The van der Waals surface area contributed by atoms with Gasteiger partial charge in [-0.25, -0.2) is 4.68 Å². The van der Waals surface area contributed by atoms with Crippen LogP contribution in [0, 0.1) is 4.77 Å². The van der Waals surface area contributed by atoms with E-state index >= 15 is 0 Å². The van der Waals surface area contributed by atoms with Crippen molar-refractivity contribution in [2.75, 3.05) is 18.4 Å². The molecule has 3 aromatic rings. The number of nitrogens with zero attached hydrogens (tertiary/aromatic N) is 4. The summed E-state index contributed by atoms with van der Waals surface area (Å²) in [6.45, 7) is 6.87. The van der Waals surface area contributed by atoms with Crippen LogP contribution in [0.4, 0.5) is 11.6 Å². The molecular weight excluding hydrogens is 330 g/mol. The van der Waals surface area contributed by atoms with Crippen molar-refractivity contribution in [1.82, 2.24) is 19.2 Å². The molecule has 1 aromatic heterocycles. The summed E-state index contributed by atoms with van der Waals surface area (Å²) in [4.78, 5) is 2.28. The lowest BCUT2D eigenvalue weighted by Crippen LogP contribution is -2.26. The Labute approximate surface area is 153 Å². The highest BCUT2D eigenvalue weighted by atomic mass is 32.1. The smallest absolute Gasteiger partial charge is 0.232 e. The lowest BCUT2D eigenvalue weighted by Gasteiger charge is -2.17. The highest BCUT2D eigenvalue weighted by Crippen LogP contribution is 2.20. The highest BCUT2D eigenvalue weighted by molar-refractivity contribution is 7.71. The maximum atomic E-state index is 5.72. The summed E-state index contributed by atoms with van der Waals surface area (Å²) in [7, 11) is 0. The first kappa shape index (κ1) is 17.4. The zero-order valence-corrected chi connectivity index (χ0v) is 15.4. The molecule has 2 aromatic carbocycles. The van der Waals surface area contributed by atoms with Gasteiger partial charge in [-0.2, -0.15) is 0 Å². The van der Waals surface area contributed by atoms with Gasteiger partial charge in [-0.3, -0.25) is 9.47 Å². The fourth-order valence-corrected chi connectivity index (χ4v) is 2.94. The van der Waals surface area contributed by atoms with Gasteiger partial charge in [0.05, 0.1) is 12.4 Å². The number of benzene rings is 2. The first-order valence-electron chi connectivity index (χ1n) is 8.52. The fraction of sp³-hybridized carbons (Fsp3) is 0.263. The summed E-state index contributed by atoms with van der Waals surface area (Å²) < 4.78 is 4.53. The second-order valence-corrected chi connectivity index (χ2v) is 6.08. The minimum atomic E-state index is 0.676. The monoisotopic (exact) mass is 353 g/mol. The van der Waals surface area contributed by atoms with Gasteiger partial charge in [0.2, 0.25) is 10.7 Å². The van der Waals surface area contributed by atoms with Gasteiger partial charge in [-0.1, -0.05) is 50.2 Å². The molecule has 0 aliphatic carbocycles. The third-order valence-corrected chi connectivity index (χ3v) is 4.51. The molecule has 0 aliphatic heterocycles. The van der Waals surface area contributed by atoms with E-state index in [1.54, 1.807) is 0 Å². The van der Waals surface area contributed by atoms with E-state index in [4.69, 9.17) is 17.3 Å². The maximum Gasteiger partial charge on any atom is 0.232 e. The number of rotatable bonds is 7. The molecule has 5 nitrogen and oxygen atoms in total. The number of para-hydroxylation sites is 2. The molecule has 130 valence electrons. The number of nitrogens with one attached hydrogen (secondary N) is 1. The van der Waals surface area contributed by atoms with Crippen molar-refractivity contribution in [1.29, 1.82) is 0 Å². The van der Waals surface area contributed by atoms with Gasteiger partial charge in [0.1, 0.15) is 0 Å². The number of aromatic nitrogens is 3. The topological polar surface area (TPSA) is 38.0 Å². The summed E-state index contributed by atoms with van der Waals surface area (Å²) in [5.41, 5.74) is 1.98. The van der Waals surface area contributed by atoms with Crippen molar-refractivity contribution < 1.29 is 0 Å². The summed E-state index contributed by atoms with van der Waals surface area (Å²) in [5.74, 6) is 0.717. The Morgan fingerprint density at radius 1 is 0.960 bits per heavy atom. The van der Waals surface area contributed by atoms with Crippen LogP contribution in [-0.2, 0) is 6.67 Å². The average Bonchev–Trinajstić information content (AvgIpc) is 2.96. The minimum Gasteiger partial charge on any atom is -0.324 e. The van der Waals surface area contributed by atoms with Gasteiger partial charge in [0.25, 0.3) is 0 Å². The van der Waals surface area contributed by atoms with Gasteiger partial charge in [0.15, 0.2) is 0 Å². The summed E-state index contributed by atoms with van der Waals surface area (Å²) >= 11 is 5.72. The summed E-state index contributed by atoms with van der Waals surface area (Å²) in [6, 6.07) is 20.1. The Morgan fingerprint density at radius 3 is 2.16 bits per heavy atom. The molecule has 0 saturated heterocycles. The second-order valence-electron chi connectivity index (χ2n) is 5.71. The van der Waals surface area contributed by atoms with Gasteiger partial charge < -0.3 is 5.32 Å². The Morgan fingerprint density at radius 2 is 1.56 bits per heavy atom. The van der Waals surface area contributed by atoms with Crippen LogP contribution in [0.25, 0.3) is 5.69 Å². The van der Waals surface area contributed by atoms with E-state index in [2.05, 4.69) is 24.1 Å². The molecule has 6 heteroatoms. The number of hydrogen-bond acceptors (Lipinski definition) is 4. The van der Waals surface area contributed by atoms with Crippen LogP contribution >= 0.6 is 12.2 Å². The predicted molar refractivity (Wildman–Crippen MR) is 105 cm³/mol. The molecule has 0 unspecified atom stereocenters. The highest BCUT2D eigenvalue weighted by Gasteiger charge is 2.14. The van der Waals surface area contributed by atoms with Gasteiger partial charge in [-0.05, 0) is 49.6 Å². The SMILES string of the molecule is CCN(CC)Cn1nc(Nc2ccccc2)n(-c2ccccc2)c1=S. The zero-order chi connectivity index (χ0) is 17.6. The van der Waals surface area contributed by atoms with Gasteiger partial charge in [0, 0.05) is 5.69 Å². The van der Waals surface area contributed by atoms with Crippen LogP contribution in [0.3, 0.4) is 0 Å². The molecule has 0 radical (unpaired) electrons. The first-order chi connectivity index (χ1) is 12.2. The molecule has 0 saturated carbocycles. The van der Waals surface area contributed by atoms with Crippen LogP contribution in [0.15, 0.2) is 60.7 Å². The van der Waals surface area contributed by atoms with Crippen LogP contribution in [0.5, 0.6) is 0 Å². The lowest BCUT2D eigenvalue weighted by molar-refractivity contribution is 0.227. The van der Waals surface area contributed by atoms with E-state index in [-0.39, 0.29) is 0 Å². The number of anilines is 2. The van der Waals surface area contributed by atoms with E-state index in [9.17, 15) is 0 Å². The quantitative estimate of drug-likeness (QED) is 0.637. The molecule has 25 heavy (non-hydrogen) atoms. The maximum absolute atomic E-state index is 5.72. The standard InChI is InChI=1S/C19H23N5S/c1-3-22(4-2)15-23-19(25)24(17-13-9-6-10-14-17)18(21-23)20-16-11-7-5-8-12-16/h5-14H,3-4,15H2,1-2H3,(H,20,21). The third kappa shape index (κ3) is 3.97.